The second-order valence-corrected chi connectivity index (χ2v) is 6.91. The zero-order valence-electron chi connectivity index (χ0n) is 16.2. The topological polar surface area (TPSA) is 64.1 Å². The number of pyridine rings is 2. The van der Waals surface area contributed by atoms with Gasteiger partial charge in [-0.15, -0.1) is 0 Å². The van der Waals surface area contributed by atoms with Gasteiger partial charge >= 0.3 is 5.97 Å². The lowest BCUT2D eigenvalue weighted by Crippen LogP contribution is -2.10. The molecular weight excluding hydrogens is 338 g/mol. The van der Waals surface area contributed by atoms with Gasteiger partial charge < -0.3 is 10.1 Å². The Morgan fingerprint density at radius 2 is 1.89 bits per heavy atom. The van der Waals surface area contributed by atoms with Crippen LogP contribution in [0.2, 0.25) is 0 Å². The van der Waals surface area contributed by atoms with E-state index in [0.29, 0.717) is 29.4 Å². The third kappa shape index (κ3) is 4.25. The molecule has 3 aromatic rings. The van der Waals surface area contributed by atoms with Gasteiger partial charge in [0.2, 0.25) is 0 Å². The van der Waals surface area contributed by atoms with E-state index in [0.717, 1.165) is 23.2 Å². The number of anilines is 2. The van der Waals surface area contributed by atoms with Crippen molar-refractivity contribution in [2.45, 2.75) is 40.0 Å². The molecule has 0 bridgehead atoms. The molecule has 1 aromatic carbocycles. The molecule has 0 fully saturated rings. The van der Waals surface area contributed by atoms with Crippen molar-refractivity contribution >= 4 is 28.4 Å². The van der Waals surface area contributed by atoms with E-state index in [1.54, 1.807) is 0 Å². The van der Waals surface area contributed by atoms with E-state index >= 15 is 0 Å². The fraction of sp³-hybridized carbons (Fsp3) is 0.318. The van der Waals surface area contributed by atoms with Gasteiger partial charge in [-0.2, -0.15) is 0 Å². The van der Waals surface area contributed by atoms with Gasteiger partial charge in [0.05, 0.1) is 12.3 Å². The molecule has 3 rings (SSSR count). The number of esters is 1. The van der Waals surface area contributed by atoms with Crippen LogP contribution in [0.25, 0.3) is 11.0 Å². The number of hydrogen-bond acceptors (Lipinski definition) is 5. The van der Waals surface area contributed by atoms with Crippen LogP contribution in [0.5, 0.6) is 0 Å². The van der Waals surface area contributed by atoms with Crippen LogP contribution in [-0.4, -0.2) is 22.5 Å². The maximum Gasteiger partial charge on any atom is 0.341 e. The number of carbonyl (C=O) groups excluding carboxylic acids is 1. The molecule has 0 aliphatic carbocycles. The quantitative estimate of drug-likeness (QED) is 0.596. The first-order chi connectivity index (χ1) is 13.0. The summed E-state index contributed by atoms with van der Waals surface area (Å²) < 4.78 is 5.34. The zero-order valence-corrected chi connectivity index (χ0v) is 16.2. The Labute approximate surface area is 159 Å². The number of hydrogen-bond donors (Lipinski definition) is 1. The Morgan fingerprint density at radius 1 is 1.15 bits per heavy atom. The summed E-state index contributed by atoms with van der Waals surface area (Å²) in [5.74, 6) is 0.0840. The van der Waals surface area contributed by atoms with Crippen LogP contribution in [0.3, 0.4) is 0 Å². The fourth-order valence-corrected chi connectivity index (χ4v) is 2.83. The van der Waals surface area contributed by atoms with Gasteiger partial charge in [-0.25, -0.2) is 14.8 Å². The first kappa shape index (κ1) is 18.8. The van der Waals surface area contributed by atoms with Gasteiger partial charge in [0, 0.05) is 23.0 Å². The molecule has 5 heteroatoms. The average molecular weight is 363 g/mol. The number of rotatable bonds is 6. The first-order valence-corrected chi connectivity index (χ1v) is 9.30. The maximum atomic E-state index is 12.5. The van der Waals surface area contributed by atoms with Crippen molar-refractivity contribution in [2.75, 3.05) is 11.9 Å². The molecule has 140 valence electrons. The molecule has 0 amide bonds. The summed E-state index contributed by atoms with van der Waals surface area (Å²) in [7, 11) is 0. The van der Waals surface area contributed by atoms with E-state index in [4.69, 9.17) is 4.74 Å². The predicted octanol–water partition coefficient (Wildman–Crippen LogP) is 5.37. The molecule has 0 aliphatic heterocycles. The van der Waals surface area contributed by atoms with E-state index < -0.39 is 0 Å². The number of aromatic nitrogens is 2. The summed E-state index contributed by atoms with van der Waals surface area (Å²) in [6, 6.07) is 12.1. The van der Waals surface area contributed by atoms with Gasteiger partial charge in [0.1, 0.15) is 5.56 Å². The maximum absolute atomic E-state index is 12.5. The summed E-state index contributed by atoms with van der Waals surface area (Å²) in [4.78, 5) is 21.4. The van der Waals surface area contributed by atoms with Gasteiger partial charge in [0.25, 0.3) is 0 Å². The smallest absolute Gasteiger partial charge is 0.341 e. The molecule has 0 atom stereocenters. The number of nitrogens with zero attached hydrogens (tertiary/aromatic N) is 2. The van der Waals surface area contributed by atoms with E-state index in [2.05, 4.69) is 41.3 Å². The van der Waals surface area contributed by atoms with Crippen molar-refractivity contribution < 1.29 is 9.53 Å². The molecule has 0 aliphatic rings. The second-order valence-electron chi connectivity index (χ2n) is 6.91. The third-order valence-corrected chi connectivity index (χ3v) is 4.37. The molecule has 0 spiro atoms. The van der Waals surface area contributed by atoms with Gasteiger partial charge in [-0.05, 0) is 49.1 Å². The molecular formula is C22H25N3O2. The largest absolute Gasteiger partial charge is 0.462 e. The van der Waals surface area contributed by atoms with Crippen molar-refractivity contribution in [1.82, 2.24) is 9.97 Å². The number of benzene rings is 1. The minimum Gasteiger partial charge on any atom is -0.462 e. The molecule has 0 unspecified atom stereocenters. The number of ether oxygens (including phenoxy) is 1. The molecule has 2 heterocycles. The first-order valence-electron chi connectivity index (χ1n) is 9.30. The summed E-state index contributed by atoms with van der Waals surface area (Å²) >= 11 is 0. The number of aryl methyl sites for hydroxylation is 1. The van der Waals surface area contributed by atoms with E-state index in [-0.39, 0.29) is 5.97 Å². The lowest BCUT2D eigenvalue weighted by molar-refractivity contribution is 0.0506. The minimum absolute atomic E-state index is 0.380. The molecule has 0 saturated carbocycles. The average Bonchev–Trinajstić information content (AvgIpc) is 2.66. The second kappa shape index (κ2) is 8.16. The summed E-state index contributed by atoms with van der Waals surface area (Å²) in [5.41, 5.74) is 4.73. The van der Waals surface area contributed by atoms with E-state index in [1.807, 2.05) is 38.1 Å². The van der Waals surface area contributed by atoms with Crippen molar-refractivity contribution in [3.05, 3.63) is 59.4 Å². The minimum atomic E-state index is -0.381. The molecule has 2 aromatic heterocycles. The van der Waals surface area contributed by atoms with Crippen molar-refractivity contribution in [3.8, 4) is 0 Å². The highest BCUT2D eigenvalue weighted by molar-refractivity contribution is 6.05. The number of nitrogens with one attached hydrogen (secondary N) is 1. The van der Waals surface area contributed by atoms with Crippen LogP contribution in [-0.2, 0) is 4.74 Å². The van der Waals surface area contributed by atoms with Crippen LogP contribution < -0.4 is 5.32 Å². The summed E-state index contributed by atoms with van der Waals surface area (Å²) in [6.07, 6.45) is 2.31. The number of carbonyl (C=O) groups is 1. The molecule has 27 heavy (non-hydrogen) atoms. The molecule has 5 nitrogen and oxygen atoms in total. The number of fused-ring (bicyclic) bond motifs is 1. The van der Waals surface area contributed by atoms with Crippen LogP contribution in [0.15, 0.2) is 42.6 Å². The lowest BCUT2D eigenvalue weighted by Gasteiger charge is -2.15. The van der Waals surface area contributed by atoms with Crippen LogP contribution in [0, 0.1) is 6.92 Å². The Balaban J connectivity index is 2.05. The Kier molecular flexibility index (Phi) is 5.69. The van der Waals surface area contributed by atoms with Gasteiger partial charge in [0.15, 0.2) is 5.65 Å². The summed E-state index contributed by atoms with van der Waals surface area (Å²) in [6.45, 7) is 8.59. The Bertz CT molecular complexity index is 950. The fourth-order valence-electron chi connectivity index (χ4n) is 2.83. The molecule has 0 radical (unpaired) electrons. The van der Waals surface area contributed by atoms with Crippen LogP contribution in [0.1, 0.15) is 54.7 Å². The highest BCUT2D eigenvalue weighted by Crippen LogP contribution is 2.30. The predicted molar refractivity (Wildman–Crippen MR) is 109 cm³/mol. The van der Waals surface area contributed by atoms with Gasteiger partial charge in [-0.1, -0.05) is 32.9 Å². The zero-order chi connectivity index (χ0) is 19.4. The molecule has 1 N–H and O–H groups in total. The SMILES string of the molecule is CCCOC(=O)c1cnc2nc(C)ccc2c1Nc1ccc(C(C)C)cc1. The molecule has 0 saturated heterocycles. The van der Waals surface area contributed by atoms with Crippen molar-refractivity contribution in [1.29, 1.82) is 0 Å². The van der Waals surface area contributed by atoms with Crippen molar-refractivity contribution in [3.63, 3.8) is 0 Å². The van der Waals surface area contributed by atoms with Crippen molar-refractivity contribution in [2.24, 2.45) is 0 Å². The highest BCUT2D eigenvalue weighted by atomic mass is 16.5. The summed E-state index contributed by atoms with van der Waals surface area (Å²) in [5, 5.41) is 4.17. The standard InChI is InChI=1S/C22H25N3O2/c1-5-12-27-22(26)19-13-23-21-18(11-6-15(4)24-21)20(19)25-17-9-7-16(8-10-17)14(2)3/h6-11,13-14H,5,12H2,1-4H3,(H,23,24,25). The Morgan fingerprint density at radius 3 is 2.56 bits per heavy atom. The van der Waals surface area contributed by atoms with Gasteiger partial charge in [-0.3, -0.25) is 0 Å². The highest BCUT2D eigenvalue weighted by Gasteiger charge is 2.18. The van der Waals surface area contributed by atoms with E-state index in [1.165, 1.54) is 11.8 Å². The van der Waals surface area contributed by atoms with E-state index in [9.17, 15) is 4.79 Å². The monoisotopic (exact) mass is 363 g/mol. The normalized spacial score (nSPS) is 11.0. The Hall–Kier alpha value is -2.95. The third-order valence-electron chi connectivity index (χ3n) is 4.37. The van der Waals surface area contributed by atoms with Crippen LogP contribution in [0.4, 0.5) is 11.4 Å². The van der Waals surface area contributed by atoms with Crippen LogP contribution >= 0.6 is 0 Å². The lowest BCUT2D eigenvalue weighted by atomic mass is 10.0.